The van der Waals surface area contributed by atoms with E-state index in [9.17, 15) is 9.18 Å². The van der Waals surface area contributed by atoms with Crippen LogP contribution < -0.4 is 5.32 Å². The Labute approximate surface area is 137 Å². The highest BCUT2D eigenvalue weighted by molar-refractivity contribution is 5.83. The fraction of sp³-hybridized carbons (Fsp3) is 0.611. The molecule has 1 N–H and O–H groups in total. The number of benzene rings is 1. The number of amides is 1. The van der Waals surface area contributed by atoms with Gasteiger partial charge in [0.05, 0.1) is 0 Å². The molecule has 126 valence electrons. The maximum Gasteiger partial charge on any atom is 0.244 e. The van der Waals surface area contributed by atoms with Crippen LogP contribution in [0.15, 0.2) is 24.3 Å². The number of hydrogen-bond acceptors (Lipinski definition) is 3. The fourth-order valence-corrected chi connectivity index (χ4v) is 3.50. The van der Waals surface area contributed by atoms with Crippen molar-refractivity contribution in [3.8, 4) is 0 Å². The molecule has 1 unspecified atom stereocenters. The van der Waals surface area contributed by atoms with Gasteiger partial charge in [0.25, 0.3) is 0 Å². The minimum absolute atomic E-state index is 0.172. The van der Waals surface area contributed by atoms with E-state index in [1.54, 1.807) is 12.1 Å². The molecule has 3 rings (SSSR count). The molecule has 5 heteroatoms. The number of carbonyl (C=O) groups excluding carboxylic acids is 1. The number of nitrogens with one attached hydrogen (secondary N) is 1. The van der Waals surface area contributed by atoms with Crippen LogP contribution in [0.25, 0.3) is 0 Å². The van der Waals surface area contributed by atoms with E-state index < -0.39 is 0 Å². The van der Waals surface area contributed by atoms with Gasteiger partial charge in [-0.3, -0.25) is 9.69 Å². The lowest BCUT2D eigenvalue weighted by atomic mass is 9.97. The molecule has 0 saturated carbocycles. The van der Waals surface area contributed by atoms with Crippen LogP contribution in [0.3, 0.4) is 0 Å². The first-order valence-corrected chi connectivity index (χ1v) is 8.64. The van der Waals surface area contributed by atoms with Gasteiger partial charge in [-0.15, -0.1) is 0 Å². The Morgan fingerprint density at radius 3 is 2.35 bits per heavy atom. The number of nitrogens with zero attached hydrogens (tertiary/aromatic N) is 2. The van der Waals surface area contributed by atoms with E-state index in [1.165, 1.54) is 12.1 Å². The number of piperidine rings is 1. The van der Waals surface area contributed by atoms with Crippen molar-refractivity contribution in [2.45, 2.75) is 25.8 Å². The summed E-state index contributed by atoms with van der Waals surface area (Å²) in [5, 5.41) is 3.33. The summed E-state index contributed by atoms with van der Waals surface area (Å²) in [5.74, 6) is 0.611. The van der Waals surface area contributed by atoms with E-state index in [2.05, 4.69) is 17.1 Å². The maximum absolute atomic E-state index is 13.3. The molecule has 1 atom stereocenters. The summed E-state index contributed by atoms with van der Waals surface area (Å²) in [6.07, 6.45) is 2.15. The lowest BCUT2D eigenvalue weighted by Gasteiger charge is -2.39. The first-order chi connectivity index (χ1) is 11.1. The van der Waals surface area contributed by atoms with E-state index in [0.717, 1.165) is 57.7 Å². The van der Waals surface area contributed by atoms with Gasteiger partial charge in [0.2, 0.25) is 5.91 Å². The van der Waals surface area contributed by atoms with E-state index in [-0.39, 0.29) is 17.8 Å². The Balaban J connectivity index is 1.81. The van der Waals surface area contributed by atoms with Gasteiger partial charge in [-0.1, -0.05) is 19.1 Å². The smallest absolute Gasteiger partial charge is 0.244 e. The molecule has 0 bridgehead atoms. The number of hydrogen-bond donors (Lipinski definition) is 1. The van der Waals surface area contributed by atoms with Gasteiger partial charge in [-0.05, 0) is 36.5 Å². The highest BCUT2D eigenvalue weighted by Gasteiger charge is 2.33. The topological polar surface area (TPSA) is 35.6 Å². The summed E-state index contributed by atoms with van der Waals surface area (Å²) in [6.45, 7) is 7.39. The van der Waals surface area contributed by atoms with Crippen LogP contribution in [0.2, 0.25) is 0 Å². The molecule has 1 aromatic carbocycles. The summed E-state index contributed by atoms with van der Waals surface area (Å²) in [4.78, 5) is 17.4. The van der Waals surface area contributed by atoms with Crippen LogP contribution in [-0.2, 0) is 4.79 Å². The third kappa shape index (κ3) is 3.90. The normalized spacial score (nSPS) is 22.1. The van der Waals surface area contributed by atoms with Gasteiger partial charge in [0.15, 0.2) is 0 Å². The third-order valence-electron chi connectivity index (χ3n) is 5.03. The Morgan fingerprint density at radius 1 is 1.13 bits per heavy atom. The average Bonchev–Trinajstić information content (AvgIpc) is 2.58. The number of rotatable bonds is 3. The van der Waals surface area contributed by atoms with Crippen LogP contribution in [-0.4, -0.2) is 55.0 Å². The van der Waals surface area contributed by atoms with E-state index in [4.69, 9.17) is 0 Å². The molecule has 0 aromatic heterocycles. The second-order valence-electron chi connectivity index (χ2n) is 6.75. The predicted octanol–water partition coefficient (Wildman–Crippen LogP) is 2.03. The number of likely N-dealkylation sites (tertiary alicyclic amines) is 1. The van der Waals surface area contributed by atoms with Crippen molar-refractivity contribution in [3.05, 3.63) is 35.6 Å². The Hall–Kier alpha value is -1.46. The highest BCUT2D eigenvalue weighted by Crippen LogP contribution is 2.26. The Kier molecular flexibility index (Phi) is 5.28. The lowest BCUT2D eigenvalue weighted by molar-refractivity contribution is -0.139. The van der Waals surface area contributed by atoms with Crippen LogP contribution in [0.4, 0.5) is 4.39 Å². The van der Waals surface area contributed by atoms with Crippen molar-refractivity contribution in [3.63, 3.8) is 0 Å². The standard InChI is InChI=1S/C18H26FN3O/c1-14-6-10-22(11-7-14)18(23)17(21-12-8-20-9-13-21)15-2-4-16(19)5-3-15/h2-5,14,17,20H,6-13H2,1H3. The molecule has 23 heavy (non-hydrogen) atoms. The minimum Gasteiger partial charge on any atom is -0.341 e. The molecule has 4 nitrogen and oxygen atoms in total. The summed E-state index contributed by atoms with van der Waals surface area (Å²) >= 11 is 0. The van der Waals surface area contributed by atoms with Crippen molar-refractivity contribution >= 4 is 5.91 Å². The van der Waals surface area contributed by atoms with E-state index in [0.29, 0.717) is 5.92 Å². The molecule has 1 aromatic rings. The number of carbonyl (C=O) groups is 1. The molecule has 0 radical (unpaired) electrons. The summed E-state index contributed by atoms with van der Waals surface area (Å²) < 4.78 is 13.3. The van der Waals surface area contributed by atoms with Crippen LogP contribution in [0.5, 0.6) is 0 Å². The van der Waals surface area contributed by atoms with Gasteiger partial charge in [-0.25, -0.2) is 4.39 Å². The molecule has 2 fully saturated rings. The molecular formula is C18H26FN3O. The highest BCUT2D eigenvalue weighted by atomic mass is 19.1. The van der Waals surface area contributed by atoms with Gasteiger partial charge < -0.3 is 10.2 Å². The van der Waals surface area contributed by atoms with Crippen molar-refractivity contribution in [1.82, 2.24) is 15.1 Å². The van der Waals surface area contributed by atoms with E-state index in [1.807, 2.05) is 4.90 Å². The van der Waals surface area contributed by atoms with Gasteiger partial charge in [0.1, 0.15) is 11.9 Å². The third-order valence-corrected chi connectivity index (χ3v) is 5.03. The monoisotopic (exact) mass is 319 g/mol. The second kappa shape index (κ2) is 7.41. The first-order valence-electron chi connectivity index (χ1n) is 8.64. The molecular weight excluding hydrogens is 293 g/mol. The minimum atomic E-state index is -0.286. The Bertz CT molecular complexity index is 520. The first kappa shape index (κ1) is 16.4. The van der Waals surface area contributed by atoms with Crippen molar-refractivity contribution in [1.29, 1.82) is 0 Å². The molecule has 2 saturated heterocycles. The van der Waals surface area contributed by atoms with Gasteiger partial charge in [0, 0.05) is 39.3 Å². The summed E-state index contributed by atoms with van der Waals surface area (Å²) in [7, 11) is 0. The molecule has 0 spiro atoms. The molecule has 2 aliphatic rings. The zero-order valence-corrected chi connectivity index (χ0v) is 13.8. The van der Waals surface area contributed by atoms with Crippen molar-refractivity contribution in [2.75, 3.05) is 39.3 Å². The van der Waals surface area contributed by atoms with Gasteiger partial charge in [-0.2, -0.15) is 0 Å². The quantitative estimate of drug-likeness (QED) is 0.926. The maximum atomic E-state index is 13.3. The fourth-order valence-electron chi connectivity index (χ4n) is 3.50. The van der Waals surface area contributed by atoms with Crippen molar-refractivity contribution < 1.29 is 9.18 Å². The summed E-state index contributed by atoms with van der Waals surface area (Å²) in [5.41, 5.74) is 0.900. The van der Waals surface area contributed by atoms with E-state index >= 15 is 0 Å². The zero-order valence-electron chi connectivity index (χ0n) is 13.8. The van der Waals surface area contributed by atoms with Gasteiger partial charge >= 0.3 is 0 Å². The molecule has 2 heterocycles. The molecule has 2 aliphatic heterocycles. The lowest BCUT2D eigenvalue weighted by Crippen LogP contribution is -2.51. The van der Waals surface area contributed by atoms with Crippen LogP contribution >= 0.6 is 0 Å². The summed E-state index contributed by atoms with van der Waals surface area (Å²) in [6, 6.07) is 6.14. The Morgan fingerprint density at radius 2 is 1.74 bits per heavy atom. The van der Waals surface area contributed by atoms with Crippen LogP contribution in [0.1, 0.15) is 31.4 Å². The molecule has 0 aliphatic carbocycles. The average molecular weight is 319 g/mol. The second-order valence-corrected chi connectivity index (χ2v) is 6.75. The zero-order chi connectivity index (χ0) is 16.2. The van der Waals surface area contributed by atoms with Crippen molar-refractivity contribution in [2.24, 2.45) is 5.92 Å². The number of piperazine rings is 1. The SMILES string of the molecule is CC1CCN(C(=O)C(c2ccc(F)cc2)N2CCNCC2)CC1. The molecule has 1 amide bonds. The van der Waals surface area contributed by atoms with Crippen LogP contribution in [0, 0.1) is 11.7 Å². The predicted molar refractivity (Wildman–Crippen MR) is 88.6 cm³/mol. The number of halogens is 1. The largest absolute Gasteiger partial charge is 0.341 e.